The molecule has 0 saturated heterocycles. The van der Waals surface area contributed by atoms with Crippen molar-refractivity contribution in [1.29, 1.82) is 0 Å². The van der Waals surface area contributed by atoms with E-state index in [2.05, 4.69) is 17.6 Å². The summed E-state index contributed by atoms with van der Waals surface area (Å²) < 4.78 is 0. The predicted octanol–water partition coefficient (Wildman–Crippen LogP) is 1.67. The van der Waals surface area contributed by atoms with Crippen LogP contribution >= 0.6 is 12.4 Å². The quantitative estimate of drug-likeness (QED) is 0.723. The van der Waals surface area contributed by atoms with Gasteiger partial charge in [-0.3, -0.25) is 10.4 Å². The molecule has 0 fully saturated rings. The first-order valence-corrected chi connectivity index (χ1v) is 3.74. The normalized spacial score (nSPS) is 9.58. The molecule has 68 valence electrons. The zero-order chi connectivity index (χ0) is 8.10. The minimum atomic E-state index is 0. The molecule has 3 heteroatoms. The summed E-state index contributed by atoms with van der Waals surface area (Å²) in [5.41, 5.74) is 4.50. The molecule has 0 aliphatic carbocycles. The number of halogens is 1. The van der Waals surface area contributed by atoms with Crippen LogP contribution in [0.1, 0.15) is 5.56 Å². The first kappa shape index (κ1) is 11.4. The Labute approximate surface area is 80.0 Å². The van der Waals surface area contributed by atoms with Crippen LogP contribution in [0.15, 0.2) is 30.3 Å². The Hall–Kier alpha value is -0.570. The Morgan fingerprint density at radius 2 is 1.75 bits per heavy atom. The second-order valence-corrected chi connectivity index (χ2v) is 2.71. The Morgan fingerprint density at radius 3 is 2.25 bits per heavy atom. The Kier molecular flexibility index (Phi) is 5.72. The minimum absolute atomic E-state index is 0. The number of hydrogen-bond acceptors (Lipinski definition) is 2. The highest BCUT2D eigenvalue weighted by Gasteiger charge is 1.89. The van der Waals surface area contributed by atoms with E-state index in [0.29, 0.717) is 0 Å². The second kappa shape index (κ2) is 6.00. The van der Waals surface area contributed by atoms with Gasteiger partial charge in [-0.15, -0.1) is 12.4 Å². The van der Waals surface area contributed by atoms with E-state index in [-0.39, 0.29) is 12.4 Å². The molecular weight excluding hydrogens is 172 g/mol. The van der Waals surface area contributed by atoms with Crippen molar-refractivity contribution in [2.45, 2.75) is 6.54 Å². The molecule has 0 amide bonds. The monoisotopic (exact) mass is 186 g/mol. The zero-order valence-corrected chi connectivity index (χ0v) is 8.27. The summed E-state index contributed by atoms with van der Waals surface area (Å²) in [6.07, 6.45) is 0. The number of rotatable bonds is 3. The van der Waals surface area contributed by atoms with Crippen LogP contribution in [0.5, 0.6) is 0 Å². The molecule has 12 heavy (non-hydrogen) atoms. The fraction of sp³-hybridized carbons (Fsp3) is 0.333. The molecule has 0 saturated carbocycles. The van der Waals surface area contributed by atoms with Crippen molar-refractivity contribution in [2.75, 3.05) is 14.1 Å². The van der Waals surface area contributed by atoms with Gasteiger partial charge >= 0.3 is 0 Å². The van der Waals surface area contributed by atoms with Crippen molar-refractivity contribution in [2.24, 2.45) is 0 Å². The Bertz CT molecular complexity index is 199. The Morgan fingerprint density at radius 1 is 1.17 bits per heavy atom. The van der Waals surface area contributed by atoms with E-state index in [1.165, 1.54) is 5.56 Å². The number of nitrogens with zero attached hydrogens (tertiary/aromatic N) is 1. The SMILES string of the molecule is CN(C)NCc1ccccc1.Cl. The molecule has 0 spiro atoms. The lowest BCUT2D eigenvalue weighted by Gasteiger charge is -2.11. The van der Waals surface area contributed by atoms with E-state index < -0.39 is 0 Å². The summed E-state index contributed by atoms with van der Waals surface area (Å²) in [5, 5.41) is 1.95. The molecule has 1 rings (SSSR count). The van der Waals surface area contributed by atoms with Crippen molar-refractivity contribution >= 4 is 12.4 Å². The summed E-state index contributed by atoms with van der Waals surface area (Å²) in [5.74, 6) is 0. The molecule has 0 aliphatic heterocycles. The third-order valence-corrected chi connectivity index (χ3v) is 1.44. The fourth-order valence-electron chi connectivity index (χ4n) is 0.845. The maximum absolute atomic E-state index is 3.20. The molecule has 0 bridgehead atoms. The summed E-state index contributed by atoms with van der Waals surface area (Å²) in [6.45, 7) is 0.897. The topological polar surface area (TPSA) is 15.3 Å². The van der Waals surface area contributed by atoms with Gasteiger partial charge in [0.25, 0.3) is 0 Å². The molecule has 2 nitrogen and oxygen atoms in total. The molecule has 0 unspecified atom stereocenters. The molecule has 0 atom stereocenters. The van der Waals surface area contributed by atoms with E-state index in [9.17, 15) is 0 Å². The predicted molar refractivity (Wildman–Crippen MR) is 54.2 cm³/mol. The second-order valence-electron chi connectivity index (χ2n) is 2.71. The maximum atomic E-state index is 3.20. The lowest BCUT2D eigenvalue weighted by atomic mass is 10.2. The van der Waals surface area contributed by atoms with Crippen molar-refractivity contribution in [1.82, 2.24) is 10.4 Å². The third kappa shape index (κ3) is 4.34. The van der Waals surface area contributed by atoms with Gasteiger partial charge < -0.3 is 0 Å². The highest BCUT2D eigenvalue weighted by Crippen LogP contribution is 1.96. The highest BCUT2D eigenvalue weighted by atomic mass is 35.5. The Balaban J connectivity index is 0.00000121. The molecule has 0 aliphatic rings. The van der Waals surface area contributed by atoms with Gasteiger partial charge in [-0.1, -0.05) is 30.3 Å². The molecule has 0 heterocycles. The van der Waals surface area contributed by atoms with Crippen LogP contribution in [0.2, 0.25) is 0 Å². The van der Waals surface area contributed by atoms with Crippen LogP contribution in [-0.2, 0) is 6.54 Å². The first-order chi connectivity index (χ1) is 5.29. The highest BCUT2D eigenvalue weighted by molar-refractivity contribution is 5.85. The van der Waals surface area contributed by atoms with Crippen molar-refractivity contribution in [3.63, 3.8) is 0 Å². The van der Waals surface area contributed by atoms with E-state index in [4.69, 9.17) is 0 Å². The van der Waals surface area contributed by atoms with Crippen LogP contribution in [-0.4, -0.2) is 19.1 Å². The maximum Gasteiger partial charge on any atom is 0.0353 e. The fourth-order valence-corrected chi connectivity index (χ4v) is 0.845. The van der Waals surface area contributed by atoms with Gasteiger partial charge in [0.2, 0.25) is 0 Å². The van der Waals surface area contributed by atoms with E-state index in [1.54, 1.807) is 0 Å². The van der Waals surface area contributed by atoms with E-state index >= 15 is 0 Å². The van der Waals surface area contributed by atoms with E-state index in [0.717, 1.165) is 6.54 Å². The van der Waals surface area contributed by atoms with Crippen LogP contribution in [0.4, 0.5) is 0 Å². The van der Waals surface area contributed by atoms with Crippen molar-refractivity contribution < 1.29 is 0 Å². The van der Waals surface area contributed by atoms with Gasteiger partial charge in [-0.2, -0.15) is 0 Å². The number of hydrogen-bond donors (Lipinski definition) is 1. The molecule has 1 aromatic carbocycles. The van der Waals surface area contributed by atoms with E-state index in [1.807, 2.05) is 37.3 Å². The van der Waals surface area contributed by atoms with Gasteiger partial charge in [0.15, 0.2) is 0 Å². The molecule has 1 N–H and O–H groups in total. The largest absolute Gasteiger partial charge is 0.251 e. The first-order valence-electron chi connectivity index (χ1n) is 3.74. The standard InChI is InChI=1S/C9H14N2.ClH/c1-11(2)10-8-9-6-4-3-5-7-9;/h3-7,10H,8H2,1-2H3;1H. The van der Waals surface area contributed by atoms with Crippen LogP contribution in [0.25, 0.3) is 0 Å². The third-order valence-electron chi connectivity index (χ3n) is 1.44. The minimum Gasteiger partial charge on any atom is -0.251 e. The summed E-state index contributed by atoms with van der Waals surface area (Å²) in [6, 6.07) is 10.3. The molecular formula is C9H15ClN2. The van der Waals surface area contributed by atoms with Gasteiger partial charge in [-0.25, -0.2) is 0 Å². The van der Waals surface area contributed by atoms with Crippen LogP contribution in [0.3, 0.4) is 0 Å². The zero-order valence-electron chi connectivity index (χ0n) is 7.45. The summed E-state index contributed by atoms with van der Waals surface area (Å²) >= 11 is 0. The summed E-state index contributed by atoms with van der Waals surface area (Å²) in [4.78, 5) is 0. The van der Waals surface area contributed by atoms with Gasteiger partial charge in [0.05, 0.1) is 0 Å². The average Bonchev–Trinajstić information content (AvgIpc) is 2.03. The summed E-state index contributed by atoms with van der Waals surface area (Å²) in [7, 11) is 3.98. The average molecular weight is 187 g/mol. The number of nitrogens with one attached hydrogen (secondary N) is 1. The molecule has 0 aromatic heterocycles. The number of benzene rings is 1. The van der Waals surface area contributed by atoms with Crippen LogP contribution < -0.4 is 5.43 Å². The lowest BCUT2D eigenvalue weighted by Crippen LogP contribution is -2.29. The van der Waals surface area contributed by atoms with Gasteiger partial charge in [0, 0.05) is 20.6 Å². The van der Waals surface area contributed by atoms with Crippen LogP contribution in [0, 0.1) is 0 Å². The number of hydrazine groups is 1. The molecule has 0 radical (unpaired) electrons. The van der Waals surface area contributed by atoms with Crippen molar-refractivity contribution in [3.05, 3.63) is 35.9 Å². The molecule has 1 aromatic rings. The smallest absolute Gasteiger partial charge is 0.0353 e. The lowest BCUT2D eigenvalue weighted by molar-refractivity contribution is 0.286. The van der Waals surface area contributed by atoms with Gasteiger partial charge in [-0.05, 0) is 5.56 Å². The van der Waals surface area contributed by atoms with Gasteiger partial charge in [0.1, 0.15) is 0 Å². The van der Waals surface area contributed by atoms with Crippen molar-refractivity contribution in [3.8, 4) is 0 Å².